The standard InChI is InChI=1S/C17H26N2O2/c1-6-19(11-13(2)3)12-17(20)18-14(4)15-9-7-8-10-16(15)21-5/h7-10,14H,2,6,11-12H2,1,3-5H3,(H,18,20). The summed E-state index contributed by atoms with van der Waals surface area (Å²) >= 11 is 0. The molecule has 116 valence electrons. The maximum absolute atomic E-state index is 12.2. The van der Waals surface area contributed by atoms with E-state index in [1.165, 1.54) is 0 Å². The van der Waals surface area contributed by atoms with Crippen LogP contribution in [0.2, 0.25) is 0 Å². The van der Waals surface area contributed by atoms with E-state index in [9.17, 15) is 4.79 Å². The Balaban J connectivity index is 2.63. The number of benzene rings is 1. The molecule has 0 saturated carbocycles. The van der Waals surface area contributed by atoms with Crippen LogP contribution in [0.5, 0.6) is 5.75 Å². The zero-order valence-corrected chi connectivity index (χ0v) is 13.5. The molecule has 0 aliphatic rings. The van der Waals surface area contributed by atoms with Gasteiger partial charge in [0.15, 0.2) is 0 Å². The van der Waals surface area contributed by atoms with E-state index in [-0.39, 0.29) is 11.9 Å². The Labute approximate surface area is 127 Å². The molecule has 0 aromatic heterocycles. The second-order valence-corrected chi connectivity index (χ2v) is 5.29. The lowest BCUT2D eigenvalue weighted by molar-refractivity contribution is -0.122. The molecule has 4 nitrogen and oxygen atoms in total. The van der Waals surface area contributed by atoms with E-state index in [1.807, 2.05) is 45.0 Å². The molecule has 4 heteroatoms. The van der Waals surface area contributed by atoms with E-state index < -0.39 is 0 Å². The maximum Gasteiger partial charge on any atom is 0.234 e. The first-order valence-electron chi connectivity index (χ1n) is 7.26. The molecule has 1 amide bonds. The Morgan fingerprint density at radius 3 is 2.62 bits per heavy atom. The molecule has 1 N–H and O–H groups in total. The molecule has 0 saturated heterocycles. The quantitative estimate of drug-likeness (QED) is 0.749. The number of rotatable bonds is 8. The fourth-order valence-corrected chi connectivity index (χ4v) is 2.25. The average molecular weight is 290 g/mol. The summed E-state index contributed by atoms with van der Waals surface area (Å²) in [6.45, 7) is 11.8. The molecule has 1 aromatic carbocycles. The highest BCUT2D eigenvalue weighted by Gasteiger charge is 2.15. The molecule has 0 fully saturated rings. The van der Waals surface area contributed by atoms with Crippen LogP contribution in [0.3, 0.4) is 0 Å². The Morgan fingerprint density at radius 1 is 1.38 bits per heavy atom. The van der Waals surface area contributed by atoms with Crippen LogP contribution in [-0.2, 0) is 4.79 Å². The van der Waals surface area contributed by atoms with Crippen LogP contribution in [0.4, 0.5) is 0 Å². The number of methoxy groups -OCH3 is 1. The minimum absolute atomic E-state index is 0.0107. The Kier molecular flexibility index (Phi) is 6.96. The highest BCUT2D eigenvalue weighted by Crippen LogP contribution is 2.24. The Bertz CT molecular complexity index is 485. The summed E-state index contributed by atoms with van der Waals surface area (Å²) in [6.07, 6.45) is 0. The van der Waals surface area contributed by atoms with Crippen molar-refractivity contribution in [3.63, 3.8) is 0 Å². The smallest absolute Gasteiger partial charge is 0.234 e. The minimum atomic E-state index is -0.0859. The monoisotopic (exact) mass is 290 g/mol. The van der Waals surface area contributed by atoms with Gasteiger partial charge in [0.05, 0.1) is 19.7 Å². The number of likely N-dealkylation sites (N-methyl/N-ethyl adjacent to an activating group) is 1. The fraction of sp³-hybridized carbons (Fsp3) is 0.471. The molecule has 0 heterocycles. The van der Waals surface area contributed by atoms with Crippen LogP contribution >= 0.6 is 0 Å². The number of hydrogen-bond acceptors (Lipinski definition) is 3. The number of ether oxygens (including phenoxy) is 1. The number of amides is 1. The average Bonchev–Trinajstić information content (AvgIpc) is 2.45. The van der Waals surface area contributed by atoms with Crippen molar-refractivity contribution in [1.82, 2.24) is 10.2 Å². The van der Waals surface area contributed by atoms with Crippen LogP contribution in [0.15, 0.2) is 36.4 Å². The maximum atomic E-state index is 12.2. The number of para-hydroxylation sites is 1. The van der Waals surface area contributed by atoms with E-state index in [0.29, 0.717) is 6.54 Å². The molecule has 21 heavy (non-hydrogen) atoms. The SMILES string of the molecule is C=C(C)CN(CC)CC(=O)NC(C)c1ccccc1OC. The predicted octanol–water partition coefficient (Wildman–Crippen LogP) is 2.77. The molecule has 1 unspecified atom stereocenters. The lowest BCUT2D eigenvalue weighted by Gasteiger charge is -2.22. The van der Waals surface area contributed by atoms with Crippen LogP contribution in [-0.4, -0.2) is 37.6 Å². The predicted molar refractivity (Wildman–Crippen MR) is 86.5 cm³/mol. The summed E-state index contributed by atoms with van der Waals surface area (Å²) in [6, 6.07) is 7.65. The number of nitrogens with one attached hydrogen (secondary N) is 1. The molecule has 0 bridgehead atoms. The van der Waals surface area contributed by atoms with Gasteiger partial charge in [-0.05, 0) is 26.5 Å². The van der Waals surface area contributed by atoms with Crippen molar-refractivity contribution in [1.29, 1.82) is 0 Å². The van der Waals surface area contributed by atoms with Gasteiger partial charge in [-0.15, -0.1) is 0 Å². The van der Waals surface area contributed by atoms with Crippen LogP contribution < -0.4 is 10.1 Å². The van der Waals surface area contributed by atoms with Gasteiger partial charge in [0.1, 0.15) is 5.75 Å². The third kappa shape index (κ3) is 5.60. The Hall–Kier alpha value is -1.81. The van der Waals surface area contributed by atoms with E-state index in [0.717, 1.165) is 30.0 Å². The first kappa shape index (κ1) is 17.2. The van der Waals surface area contributed by atoms with Crippen molar-refractivity contribution in [2.75, 3.05) is 26.7 Å². The third-order valence-electron chi connectivity index (χ3n) is 3.29. The van der Waals surface area contributed by atoms with Gasteiger partial charge in [-0.25, -0.2) is 0 Å². The summed E-state index contributed by atoms with van der Waals surface area (Å²) in [4.78, 5) is 14.2. The van der Waals surface area contributed by atoms with Crippen LogP contribution in [0.1, 0.15) is 32.4 Å². The summed E-state index contributed by atoms with van der Waals surface area (Å²) in [7, 11) is 1.64. The van der Waals surface area contributed by atoms with Gasteiger partial charge in [-0.2, -0.15) is 0 Å². The normalized spacial score (nSPS) is 12.0. The molecular formula is C17H26N2O2. The molecule has 0 aliphatic heterocycles. The zero-order chi connectivity index (χ0) is 15.8. The fourth-order valence-electron chi connectivity index (χ4n) is 2.25. The van der Waals surface area contributed by atoms with Gasteiger partial charge in [0.25, 0.3) is 0 Å². The first-order chi connectivity index (χ1) is 9.97. The van der Waals surface area contributed by atoms with Crippen molar-refractivity contribution in [3.8, 4) is 5.75 Å². The van der Waals surface area contributed by atoms with Crippen molar-refractivity contribution < 1.29 is 9.53 Å². The van der Waals surface area contributed by atoms with Gasteiger partial charge in [-0.1, -0.05) is 37.3 Å². The summed E-state index contributed by atoms with van der Waals surface area (Å²) in [5.41, 5.74) is 2.04. The van der Waals surface area contributed by atoms with E-state index in [4.69, 9.17) is 4.74 Å². The number of nitrogens with zero attached hydrogens (tertiary/aromatic N) is 1. The second-order valence-electron chi connectivity index (χ2n) is 5.29. The van der Waals surface area contributed by atoms with Crippen molar-refractivity contribution >= 4 is 5.91 Å². The highest BCUT2D eigenvalue weighted by atomic mass is 16.5. The zero-order valence-electron chi connectivity index (χ0n) is 13.5. The van der Waals surface area contributed by atoms with Gasteiger partial charge in [-0.3, -0.25) is 9.69 Å². The molecule has 1 aromatic rings. The van der Waals surface area contributed by atoms with Gasteiger partial charge >= 0.3 is 0 Å². The summed E-state index contributed by atoms with van der Waals surface area (Å²) in [5, 5.41) is 3.02. The van der Waals surface area contributed by atoms with E-state index in [1.54, 1.807) is 7.11 Å². The van der Waals surface area contributed by atoms with E-state index in [2.05, 4.69) is 16.8 Å². The lowest BCUT2D eigenvalue weighted by atomic mass is 10.1. The molecule has 1 atom stereocenters. The van der Waals surface area contributed by atoms with Crippen LogP contribution in [0.25, 0.3) is 0 Å². The molecule has 0 spiro atoms. The second kappa shape index (κ2) is 8.47. The Morgan fingerprint density at radius 2 is 2.05 bits per heavy atom. The van der Waals surface area contributed by atoms with Crippen LogP contribution in [0, 0.1) is 0 Å². The molecule has 0 aliphatic carbocycles. The first-order valence-corrected chi connectivity index (χ1v) is 7.26. The largest absolute Gasteiger partial charge is 0.496 e. The topological polar surface area (TPSA) is 41.6 Å². The number of hydrogen-bond donors (Lipinski definition) is 1. The number of carbonyl (C=O) groups is 1. The minimum Gasteiger partial charge on any atom is -0.496 e. The van der Waals surface area contributed by atoms with Gasteiger partial charge in [0.2, 0.25) is 5.91 Å². The lowest BCUT2D eigenvalue weighted by Crippen LogP contribution is -2.38. The molecule has 1 rings (SSSR count). The van der Waals surface area contributed by atoms with Crippen molar-refractivity contribution in [3.05, 3.63) is 42.0 Å². The third-order valence-corrected chi connectivity index (χ3v) is 3.29. The van der Waals surface area contributed by atoms with E-state index >= 15 is 0 Å². The van der Waals surface area contributed by atoms with Gasteiger partial charge in [0, 0.05) is 12.1 Å². The summed E-state index contributed by atoms with van der Waals surface area (Å²) < 4.78 is 5.33. The van der Waals surface area contributed by atoms with Crippen molar-refractivity contribution in [2.24, 2.45) is 0 Å². The van der Waals surface area contributed by atoms with Crippen molar-refractivity contribution in [2.45, 2.75) is 26.8 Å². The number of carbonyl (C=O) groups excluding carboxylic acids is 1. The summed E-state index contributed by atoms with van der Waals surface area (Å²) in [5.74, 6) is 0.802. The molecular weight excluding hydrogens is 264 g/mol. The van der Waals surface area contributed by atoms with Gasteiger partial charge < -0.3 is 10.1 Å². The molecule has 0 radical (unpaired) electrons. The highest BCUT2D eigenvalue weighted by molar-refractivity contribution is 5.78.